The quantitative estimate of drug-likeness (QED) is 0.523. The van der Waals surface area contributed by atoms with E-state index in [1.54, 1.807) is 17.0 Å². The van der Waals surface area contributed by atoms with Gasteiger partial charge in [0.1, 0.15) is 11.3 Å². The van der Waals surface area contributed by atoms with Crippen LogP contribution in [0, 0.1) is 17.1 Å². The van der Waals surface area contributed by atoms with E-state index < -0.39 is 21.3 Å². The SMILES string of the molecule is CS(=O)(=O)N1CCN(C(=O)c2cnc3c(F)cccc3c2N2CCC(C#N)(c3ccccc3)CC2)CC1. The van der Waals surface area contributed by atoms with Gasteiger partial charge >= 0.3 is 0 Å². The molecule has 37 heavy (non-hydrogen) atoms. The third-order valence-corrected chi connectivity index (χ3v) is 8.82. The van der Waals surface area contributed by atoms with Crippen molar-refractivity contribution in [2.45, 2.75) is 18.3 Å². The minimum Gasteiger partial charge on any atom is -0.370 e. The molecule has 192 valence electrons. The molecule has 2 aliphatic heterocycles. The van der Waals surface area contributed by atoms with Crippen LogP contribution in [-0.4, -0.2) is 74.0 Å². The number of hydrogen-bond acceptors (Lipinski definition) is 6. The number of hydrogen-bond donors (Lipinski definition) is 0. The topological polar surface area (TPSA) is 97.6 Å². The van der Waals surface area contributed by atoms with Gasteiger partial charge in [0.2, 0.25) is 10.0 Å². The Bertz CT molecular complexity index is 1470. The zero-order chi connectivity index (χ0) is 26.2. The van der Waals surface area contributed by atoms with Gasteiger partial charge in [-0.15, -0.1) is 0 Å². The molecule has 3 heterocycles. The monoisotopic (exact) mass is 521 g/mol. The first kappa shape index (κ1) is 25.1. The van der Waals surface area contributed by atoms with Crippen LogP contribution in [0.3, 0.4) is 0 Å². The van der Waals surface area contributed by atoms with E-state index in [2.05, 4.69) is 16.0 Å². The molecule has 0 radical (unpaired) electrons. The van der Waals surface area contributed by atoms with Crippen LogP contribution in [0.25, 0.3) is 10.9 Å². The Hall–Kier alpha value is -3.55. The lowest BCUT2D eigenvalue weighted by molar-refractivity contribution is 0.0698. The average Bonchev–Trinajstić information content (AvgIpc) is 2.92. The number of nitriles is 1. The van der Waals surface area contributed by atoms with Crippen molar-refractivity contribution in [3.05, 3.63) is 71.7 Å². The van der Waals surface area contributed by atoms with Crippen LogP contribution in [0.4, 0.5) is 10.1 Å². The molecule has 2 aromatic carbocycles. The number of aromatic nitrogens is 1. The van der Waals surface area contributed by atoms with E-state index in [4.69, 9.17) is 0 Å². The molecule has 2 fully saturated rings. The standard InChI is InChI=1S/C27H28FN5O3S/c1-37(35,36)33-16-14-32(15-17-33)26(34)22-18-30-24-21(8-5-9-23(24)28)25(22)31-12-10-27(19-29,11-13-31)20-6-3-2-4-7-20/h2-9,18H,10-17H2,1H3. The fourth-order valence-electron chi connectivity index (χ4n) is 5.40. The number of benzene rings is 2. The number of halogens is 1. The van der Waals surface area contributed by atoms with Crippen LogP contribution >= 0.6 is 0 Å². The highest BCUT2D eigenvalue weighted by Gasteiger charge is 2.38. The van der Waals surface area contributed by atoms with Gasteiger partial charge in [-0.25, -0.2) is 12.8 Å². The molecule has 8 nitrogen and oxygen atoms in total. The molecule has 0 N–H and O–H groups in total. The van der Waals surface area contributed by atoms with E-state index in [0.29, 0.717) is 42.6 Å². The number of fused-ring (bicyclic) bond motifs is 1. The molecule has 1 aromatic heterocycles. The van der Waals surface area contributed by atoms with Gasteiger partial charge < -0.3 is 9.80 Å². The lowest BCUT2D eigenvalue weighted by Crippen LogP contribution is -2.50. The van der Waals surface area contributed by atoms with Gasteiger partial charge in [-0.3, -0.25) is 9.78 Å². The number of nitrogens with zero attached hydrogens (tertiary/aromatic N) is 5. The maximum Gasteiger partial charge on any atom is 0.257 e. The number of para-hydroxylation sites is 1. The number of rotatable bonds is 4. The Morgan fingerprint density at radius 2 is 1.68 bits per heavy atom. The zero-order valence-corrected chi connectivity index (χ0v) is 21.4. The number of pyridine rings is 1. The average molecular weight is 522 g/mol. The highest BCUT2D eigenvalue weighted by molar-refractivity contribution is 7.88. The summed E-state index contributed by atoms with van der Waals surface area (Å²) in [5.41, 5.74) is 1.51. The summed E-state index contributed by atoms with van der Waals surface area (Å²) >= 11 is 0. The van der Waals surface area contributed by atoms with E-state index in [9.17, 15) is 22.9 Å². The number of anilines is 1. The van der Waals surface area contributed by atoms with Gasteiger partial charge in [0.15, 0.2) is 0 Å². The van der Waals surface area contributed by atoms with Gasteiger partial charge in [0.05, 0.1) is 29.0 Å². The summed E-state index contributed by atoms with van der Waals surface area (Å²) in [6, 6.07) is 17.0. The molecule has 0 spiro atoms. The molecule has 2 saturated heterocycles. The van der Waals surface area contributed by atoms with Gasteiger partial charge in [-0.05, 0) is 24.5 Å². The van der Waals surface area contributed by atoms with Gasteiger partial charge in [0, 0.05) is 50.9 Å². The number of piperazine rings is 1. The van der Waals surface area contributed by atoms with E-state index in [0.717, 1.165) is 11.8 Å². The normalized spacial score (nSPS) is 18.5. The predicted octanol–water partition coefficient (Wildman–Crippen LogP) is 3.15. The second kappa shape index (κ2) is 9.72. The van der Waals surface area contributed by atoms with E-state index in [1.165, 1.54) is 16.6 Å². The van der Waals surface area contributed by atoms with Crippen molar-refractivity contribution in [2.75, 3.05) is 50.4 Å². The van der Waals surface area contributed by atoms with Crippen molar-refractivity contribution in [1.29, 1.82) is 5.26 Å². The molecular formula is C27H28FN5O3S. The number of carbonyl (C=O) groups is 1. The van der Waals surface area contributed by atoms with Crippen LogP contribution in [0.15, 0.2) is 54.7 Å². The second-order valence-electron chi connectivity index (χ2n) is 9.66. The molecule has 0 aliphatic carbocycles. The van der Waals surface area contributed by atoms with Gasteiger partial charge in [-0.1, -0.05) is 42.5 Å². The predicted molar refractivity (Wildman–Crippen MR) is 139 cm³/mol. The molecule has 3 aromatic rings. The Morgan fingerprint density at radius 3 is 2.30 bits per heavy atom. The van der Waals surface area contributed by atoms with Crippen LogP contribution < -0.4 is 4.90 Å². The molecule has 0 unspecified atom stereocenters. The fourth-order valence-corrected chi connectivity index (χ4v) is 6.22. The third-order valence-electron chi connectivity index (χ3n) is 7.52. The lowest BCUT2D eigenvalue weighted by atomic mass is 9.74. The van der Waals surface area contributed by atoms with Crippen LogP contribution in [0.5, 0.6) is 0 Å². The molecule has 0 bridgehead atoms. The maximum absolute atomic E-state index is 14.7. The number of sulfonamides is 1. The highest BCUT2D eigenvalue weighted by atomic mass is 32.2. The van der Waals surface area contributed by atoms with Crippen molar-refractivity contribution in [3.63, 3.8) is 0 Å². The molecule has 5 rings (SSSR count). The Balaban J connectivity index is 1.48. The number of amides is 1. The number of carbonyl (C=O) groups excluding carboxylic acids is 1. The third kappa shape index (κ3) is 4.65. The van der Waals surface area contributed by atoms with Gasteiger partial charge in [-0.2, -0.15) is 9.57 Å². The first-order chi connectivity index (χ1) is 17.7. The maximum atomic E-state index is 14.7. The number of piperidine rings is 1. The Labute approximate surface area is 216 Å². The Kier molecular flexibility index (Phi) is 6.60. The van der Waals surface area contributed by atoms with E-state index in [1.807, 2.05) is 30.3 Å². The summed E-state index contributed by atoms with van der Waals surface area (Å²) < 4.78 is 39.9. The molecule has 0 atom stereocenters. The van der Waals surface area contributed by atoms with Crippen LogP contribution in [0.1, 0.15) is 28.8 Å². The van der Waals surface area contributed by atoms with Crippen molar-refractivity contribution in [2.24, 2.45) is 0 Å². The second-order valence-corrected chi connectivity index (χ2v) is 11.6. The lowest BCUT2D eigenvalue weighted by Gasteiger charge is -2.40. The van der Waals surface area contributed by atoms with Crippen molar-refractivity contribution >= 4 is 32.5 Å². The Morgan fingerprint density at radius 1 is 1.00 bits per heavy atom. The first-order valence-corrected chi connectivity index (χ1v) is 14.1. The molecule has 0 saturated carbocycles. The summed E-state index contributed by atoms with van der Waals surface area (Å²) in [6.45, 7) is 2.00. The highest BCUT2D eigenvalue weighted by Crippen LogP contribution is 2.39. The van der Waals surface area contributed by atoms with Gasteiger partial charge in [0.25, 0.3) is 5.91 Å². The molecular weight excluding hydrogens is 493 g/mol. The minimum atomic E-state index is -3.33. The summed E-state index contributed by atoms with van der Waals surface area (Å²) in [5, 5.41) is 10.7. The van der Waals surface area contributed by atoms with E-state index >= 15 is 0 Å². The largest absolute Gasteiger partial charge is 0.370 e. The minimum absolute atomic E-state index is 0.191. The van der Waals surface area contributed by atoms with Crippen molar-refractivity contribution < 1.29 is 17.6 Å². The smallest absolute Gasteiger partial charge is 0.257 e. The van der Waals surface area contributed by atoms with Crippen molar-refractivity contribution in [1.82, 2.24) is 14.2 Å². The molecule has 2 aliphatic rings. The molecule has 1 amide bonds. The van der Waals surface area contributed by atoms with E-state index in [-0.39, 0.29) is 37.6 Å². The summed E-state index contributed by atoms with van der Waals surface area (Å²) in [6.07, 6.45) is 3.72. The van der Waals surface area contributed by atoms with Crippen molar-refractivity contribution in [3.8, 4) is 6.07 Å². The zero-order valence-electron chi connectivity index (χ0n) is 20.6. The van der Waals surface area contributed by atoms with Crippen LogP contribution in [-0.2, 0) is 15.4 Å². The summed E-state index contributed by atoms with van der Waals surface area (Å²) in [4.78, 5) is 21.7. The summed E-state index contributed by atoms with van der Waals surface area (Å²) in [5.74, 6) is -0.728. The van der Waals surface area contributed by atoms with Crippen LogP contribution in [0.2, 0.25) is 0 Å². The summed E-state index contributed by atoms with van der Waals surface area (Å²) in [7, 11) is -3.33. The fraction of sp³-hybridized carbons (Fsp3) is 0.370. The molecule has 10 heteroatoms. The first-order valence-electron chi connectivity index (χ1n) is 12.3.